The van der Waals surface area contributed by atoms with Gasteiger partial charge in [0.05, 0.1) is 23.4 Å². The van der Waals surface area contributed by atoms with E-state index in [0.717, 1.165) is 27.8 Å². The Morgan fingerprint density at radius 2 is 1.81 bits per heavy atom. The maximum absolute atomic E-state index is 12.5. The topological polar surface area (TPSA) is 63.2 Å². The molecular formula is C23H17Cl2N3O2S. The number of benzene rings is 3. The molecular weight excluding hydrogens is 453 g/mol. The third-order valence-electron chi connectivity index (χ3n) is 4.44. The SMILES string of the molecule is COc1cccc(Nc2nc(-c3ccc(NC(=O)c4ccc(Cl)cc4Cl)cc3)cs2)c1. The Morgan fingerprint density at radius 1 is 1.00 bits per heavy atom. The van der Waals surface area contributed by atoms with Crippen LogP contribution in [-0.2, 0) is 0 Å². The van der Waals surface area contributed by atoms with Crippen molar-refractivity contribution in [3.8, 4) is 17.0 Å². The van der Waals surface area contributed by atoms with Gasteiger partial charge in [0.1, 0.15) is 5.75 Å². The van der Waals surface area contributed by atoms with E-state index in [9.17, 15) is 4.79 Å². The first-order chi connectivity index (χ1) is 15.0. The predicted molar refractivity (Wildman–Crippen MR) is 128 cm³/mol. The molecule has 0 saturated carbocycles. The van der Waals surface area contributed by atoms with Crippen LogP contribution >= 0.6 is 34.5 Å². The van der Waals surface area contributed by atoms with Crippen LogP contribution in [0.5, 0.6) is 5.75 Å². The van der Waals surface area contributed by atoms with Crippen LogP contribution in [0.3, 0.4) is 0 Å². The van der Waals surface area contributed by atoms with Gasteiger partial charge in [0, 0.05) is 33.4 Å². The predicted octanol–water partition coefficient (Wildman–Crippen LogP) is 7.12. The fraction of sp³-hybridized carbons (Fsp3) is 0.0435. The molecule has 0 atom stereocenters. The van der Waals surface area contributed by atoms with Crippen molar-refractivity contribution >= 4 is 57.0 Å². The zero-order valence-corrected chi connectivity index (χ0v) is 18.7. The van der Waals surface area contributed by atoms with Crippen molar-refractivity contribution in [1.29, 1.82) is 0 Å². The number of halogens is 2. The molecule has 5 nitrogen and oxygen atoms in total. The molecule has 0 bridgehead atoms. The number of hydrogen-bond acceptors (Lipinski definition) is 5. The van der Waals surface area contributed by atoms with E-state index in [1.54, 1.807) is 25.3 Å². The summed E-state index contributed by atoms with van der Waals surface area (Å²) in [5, 5.41) is 9.66. The summed E-state index contributed by atoms with van der Waals surface area (Å²) in [5.74, 6) is 0.479. The van der Waals surface area contributed by atoms with Gasteiger partial charge >= 0.3 is 0 Å². The molecule has 4 rings (SSSR count). The highest BCUT2D eigenvalue weighted by molar-refractivity contribution is 7.14. The number of methoxy groups -OCH3 is 1. The summed E-state index contributed by atoms with van der Waals surface area (Å²) in [6.45, 7) is 0. The van der Waals surface area contributed by atoms with Gasteiger partial charge in [-0.3, -0.25) is 4.79 Å². The number of aromatic nitrogens is 1. The maximum atomic E-state index is 12.5. The highest BCUT2D eigenvalue weighted by Gasteiger charge is 2.12. The van der Waals surface area contributed by atoms with Crippen LogP contribution in [0, 0.1) is 0 Å². The first-order valence-corrected chi connectivity index (χ1v) is 10.9. The fourth-order valence-electron chi connectivity index (χ4n) is 2.88. The monoisotopic (exact) mass is 469 g/mol. The lowest BCUT2D eigenvalue weighted by Gasteiger charge is -2.08. The van der Waals surface area contributed by atoms with Gasteiger partial charge < -0.3 is 15.4 Å². The minimum atomic E-state index is -0.298. The molecule has 0 spiro atoms. The number of rotatable bonds is 6. The smallest absolute Gasteiger partial charge is 0.257 e. The zero-order chi connectivity index (χ0) is 21.8. The van der Waals surface area contributed by atoms with Crippen molar-refractivity contribution < 1.29 is 9.53 Å². The molecule has 0 aliphatic rings. The Kier molecular flexibility index (Phi) is 6.42. The Bertz CT molecular complexity index is 1230. The quantitative estimate of drug-likeness (QED) is 0.315. The molecule has 31 heavy (non-hydrogen) atoms. The van der Waals surface area contributed by atoms with Gasteiger partial charge in [0.25, 0.3) is 5.91 Å². The van der Waals surface area contributed by atoms with Crippen molar-refractivity contribution in [3.05, 3.63) is 87.7 Å². The first-order valence-electron chi connectivity index (χ1n) is 9.25. The van der Waals surface area contributed by atoms with E-state index in [1.165, 1.54) is 11.3 Å². The number of nitrogens with zero attached hydrogens (tertiary/aromatic N) is 1. The van der Waals surface area contributed by atoms with Crippen LogP contribution in [0.15, 0.2) is 72.1 Å². The molecule has 1 aromatic heterocycles. The summed E-state index contributed by atoms with van der Waals surface area (Å²) in [7, 11) is 1.64. The summed E-state index contributed by atoms with van der Waals surface area (Å²) >= 11 is 13.5. The van der Waals surface area contributed by atoms with Crippen LogP contribution in [0.2, 0.25) is 10.0 Å². The van der Waals surface area contributed by atoms with Gasteiger partial charge in [0.2, 0.25) is 0 Å². The van der Waals surface area contributed by atoms with Crippen molar-refractivity contribution in [3.63, 3.8) is 0 Å². The van der Waals surface area contributed by atoms with Crippen LogP contribution in [0.1, 0.15) is 10.4 Å². The van der Waals surface area contributed by atoms with E-state index < -0.39 is 0 Å². The van der Waals surface area contributed by atoms with Crippen molar-refractivity contribution in [2.24, 2.45) is 0 Å². The molecule has 156 valence electrons. The second-order valence-corrected chi connectivity index (χ2v) is 8.25. The van der Waals surface area contributed by atoms with Gasteiger partial charge in [-0.15, -0.1) is 11.3 Å². The summed E-state index contributed by atoms with van der Waals surface area (Å²) in [5.41, 5.74) is 3.71. The molecule has 0 unspecified atom stereocenters. The number of amides is 1. The second-order valence-electron chi connectivity index (χ2n) is 6.55. The van der Waals surface area contributed by atoms with Crippen LogP contribution in [0.25, 0.3) is 11.3 Å². The van der Waals surface area contributed by atoms with E-state index in [1.807, 2.05) is 53.9 Å². The number of hydrogen-bond donors (Lipinski definition) is 2. The maximum Gasteiger partial charge on any atom is 0.257 e. The normalized spacial score (nSPS) is 10.5. The van der Waals surface area contributed by atoms with E-state index in [2.05, 4.69) is 15.6 Å². The lowest BCUT2D eigenvalue weighted by molar-refractivity contribution is 0.102. The highest BCUT2D eigenvalue weighted by Crippen LogP contribution is 2.29. The van der Waals surface area contributed by atoms with E-state index >= 15 is 0 Å². The van der Waals surface area contributed by atoms with Gasteiger partial charge in [-0.1, -0.05) is 41.4 Å². The molecule has 0 fully saturated rings. The van der Waals surface area contributed by atoms with Gasteiger partial charge in [-0.25, -0.2) is 4.98 Å². The number of carbonyl (C=O) groups is 1. The van der Waals surface area contributed by atoms with Crippen LogP contribution < -0.4 is 15.4 Å². The van der Waals surface area contributed by atoms with Gasteiger partial charge in [-0.05, 0) is 42.5 Å². The van der Waals surface area contributed by atoms with Crippen molar-refractivity contribution in [2.45, 2.75) is 0 Å². The standard InChI is InChI=1S/C23H17Cl2N3O2S/c1-30-18-4-2-3-17(12-18)27-23-28-21(13-31-23)14-5-8-16(9-6-14)26-22(29)19-10-7-15(24)11-20(19)25/h2-13H,1H3,(H,26,29)(H,27,28). The zero-order valence-electron chi connectivity index (χ0n) is 16.4. The second kappa shape index (κ2) is 9.39. The lowest BCUT2D eigenvalue weighted by atomic mass is 10.1. The largest absolute Gasteiger partial charge is 0.497 e. The molecule has 1 heterocycles. The number of anilines is 3. The Morgan fingerprint density at radius 3 is 2.55 bits per heavy atom. The Hall–Kier alpha value is -3.06. The fourth-order valence-corrected chi connectivity index (χ4v) is 4.12. The average Bonchev–Trinajstić information content (AvgIpc) is 3.22. The third-order valence-corrected chi connectivity index (χ3v) is 5.75. The number of ether oxygens (including phenoxy) is 1. The third kappa shape index (κ3) is 5.17. The summed E-state index contributed by atoms with van der Waals surface area (Å²) in [6, 6.07) is 19.9. The van der Waals surface area contributed by atoms with Crippen LogP contribution in [0.4, 0.5) is 16.5 Å². The summed E-state index contributed by atoms with van der Waals surface area (Å²) in [6.07, 6.45) is 0. The number of thiazole rings is 1. The Balaban J connectivity index is 1.44. The van der Waals surface area contributed by atoms with Crippen molar-refractivity contribution in [2.75, 3.05) is 17.7 Å². The molecule has 2 N–H and O–H groups in total. The molecule has 1 amide bonds. The van der Waals surface area contributed by atoms with E-state index in [-0.39, 0.29) is 5.91 Å². The Labute approximate surface area is 193 Å². The molecule has 8 heteroatoms. The molecule has 0 saturated heterocycles. The molecule has 0 aliphatic carbocycles. The van der Waals surface area contributed by atoms with Crippen molar-refractivity contribution in [1.82, 2.24) is 4.98 Å². The minimum Gasteiger partial charge on any atom is -0.497 e. The van der Waals surface area contributed by atoms with Crippen LogP contribution in [-0.4, -0.2) is 18.0 Å². The lowest BCUT2D eigenvalue weighted by Crippen LogP contribution is -2.12. The first kappa shape index (κ1) is 21.2. The molecule has 3 aromatic carbocycles. The molecule has 0 aliphatic heterocycles. The number of carbonyl (C=O) groups excluding carboxylic acids is 1. The summed E-state index contributed by atoms with van der Waals surface area (Å²) < 4.78 is 5.25. The highest BCUT2D eigenvalue weighted by atomic mass is 35.5. The van der Waals surface area contributed by atoms with Gasteiger partial charge in [0.15, 0.2) is 5.13 Å². The number of nitrogens with one attached hydrogen (secondary N) is 2. The molecule has 4 aromatic rings. The van der Waals surface area contributed by atoms with E-state index in [4.69, 9.17) is 27.9 Å². The minimum absolute atomic E-state index is 0.298. The van der Waals surface area contributed by atoms with E-state index in [0.29, 0.717) is 21.3 Å². The van der Waals surface area contributed by atoms with Gasteiger partial charge in [-0.2, -0.15) is 0 Å². The summed E-state index contributed by atoms with van der Waals surface area (Å²) in [4.78, 5) is 17.1. The molecule has 0 radical (unpaired) electrons. The average molecular weight is 470 g/mol.